The number of amides is 2. The number of esters is 1. The Hall–Kier alpha value is -5.15. The van der Waals surface area contributed by atoms with Crippen LogP contribution in [0.2, 0.25) is 0 Å². The molecule has 0 radical (unpaired) electrons. The van der Waals surface area contributed by atoms with Gasteiger partial charge in [-0.15, -0.1) is 13.2 Å². The number of rotatable bonds is 20. The normalized spacial score (nSPS) is 12.8. The van der Waals surface area contributed by atoms with Crippen LogP contribution in [0.4, 0.5) is 0 Å². The Labute approximate surface area is 282 Å². The van der Waals surface area contributed by atoms with E-state index in [0.29, 0.717) is 25.9 Å². The van der Waals surface area contributed by atoms with E-state index >= 15 is 0 Å². The summed E-state index contributed by atoms with van der Waals surface area (Å²) in [7, 11) is 0. The SMILES string of the molecule is C=CCCC(=O)OC[C@H](Cc1c[nH]c2ccccc12)NC(=O)[C@@H](CC=C)CC(=O)N[C@H](CO)Cc1ccc(OCc2ccccc2)cc1. The number of allylic oxidation sites excluding steroid dienone is 2. The summed E-state index contributed by atoms with van der Waals surface area (Å²) in [6, 6.07) is 24.2. The molecule has 9 nitrogen and oxygen atoms in total. The van der Waals surface area contributed by atoms with Crippen molar-refractivity contribution in [3.8, 4) is 5.75 Å². The minimum absolute atomic E-state index is 0.0170. The number of ether oxygens (including phenoxy) is 2. The molecule has 3 atom stereocenters. The van der Waals surface area contributed by atoms with Gasteiger partial charge in [-0.2, -0.15) is 0 Å². The van der Waals surface area contributed by atoms with Gasteiger partial charge >= 0.3 is 5.97 Å². The first-order chi connectivity index (χ1) is 23.4. The molecule has 9 heteroatoms. The molecule has 4 aromatic rings. The Kier molecular flexibility index (Phi) is 14.0. The maximum absolute atomic E-state index is 13.5. The average molecular weight is 652 g/mol. The van der Waals surface area contributed by atoms with E-state index in [0.717, 1.165) is 33.3 Å². The number of fused-ring (bicyclic) bond motifs is 1. The highest BCUT2D eigenvalue weighted by Gasteiger charge is 2.26. The lowest BCUT2D eigenvalue weighted by Crippen LogP contribution is -2.45. The van der Waals surface area contributed by atoms with Gasteiger partial charge in [0, 0.05) is 29.9 Å². The van der Waals surface area contributed by atoms with Crippen LogP contribution >= 0.6 is 0 Å². The summed E-state index contributed by atoms with van der Waals surface area (Å²) in [6.45, 7) is 7.60. The first-order valence-corrected chi connectivity index (χ1v) is 16.3. The first-order valence-electron chi connectivity index (χ1n) is 16.3. The number of para-hydroxylation sites is 1. The van der Waals surface area contributed by atoms with Crippen LogP contribution in [0, 0.1) is 5.92 Å². The highest BCUT2D eigenvalue weighted by molar-refractivity contribution is 5.86. The maximum Gasteiger partial charge on any atom is 0.306 e. The fourth-order valence-corrected chi connectivity index (χ4v) is 5.43. The van der Waals surface area contributed by atoms with Gasteiger partial charge < -0.3 is 30.2 Å². The Morgan fingerprint density at radius 2 is 1.60 bits per heavy atom. The van der Waals surface area contributed by atoms with E-state index < -0.39 is 18.0 Å². The zero-order valence-electron chi connectivity index (χ0n) is 27.2. The van der Waals surface area contributed by atoms with E-state index in [2.05, 4.69) is 28.8 Å². The molecular formula is C39H45N3O6. The molecule has 3 aromatic carbocycles. The predicted molar refractivity (Wildman–Crippen MR) is 187 cm³/mol. The van der Waals surface area contributed by atoms with Gasteiger partial charge in [-0.3, -0.25) is 14.4 Å². The molecule has 4 N–H and O–H groups in total. The number of aliphatic hydroxyl groups is 1. The second kappa shape index (κ2) is 18.9. The average Bonchev–Trinajstić information content (AvgIpc) is 3.51. The van der Waals surface area contributed by atoms with Crippen molar-refractivity contribution in [3.63, 3.8) is 0 Å². The fraction of sp³-hybridized carbons (Fsp3) is 0.308. The summed E-state index contributed by atoms with van der Waals surface area (Å²) < 4.78 is 11.4. The predicted octanol–water partition coefficient (Wildman–Crippen LogP) is 5.59. The van der Waals surface area contributed by atoms with Crippen LogP contribution in [-0.2, 0) is 38.6 Å². The van der Waals surface area contributed by atoms with Gasteiger partial charge in [-0.25, -0.2) is 0 Å². The number of hydrogen-bond acceptors (Lipinski definition) is 6. The number of carbonyl (C=O) groups is 3. The van der Waals surface area contributed by atoms with Crippen LogP contribution in [0.5, 0.6) is 5.75 Å². The molecule has 1 heterocycles. The molecule has 4 rings (SSSR count). The van der Waals surface area contributed by atoms with Crippen LogP contribution in [0.3, 0.4) is 0 Å². The third-order valence-electron chi connectivity index (χ3n) is 7.98. The molecule has 48 heavy (non-hydrogen) atoms. The third kappa shape index (κ3) is 11.3. The molecule has 0 aliphatic rings. The van der Waals surface area contributed by atoms with Gasteiger partial charge in [0.1, 0.15) is 19.0 Å². The molecule has 0 fully saturated rings. The molecule has 0 unspecified atom stereocenters. The van der Waals surface area contributed by atoms with Gasteiger partial charge in [0.2, 0.25) is 11.8 Å². The van der Waals surface area contributed by atoms with Crippen LogP contribution in [0.1, 0.15) is 42.4 Å². The molecule has 2 amide bonds. The summed E-state index contributed by atoms with van der Waals surface area (Å²) in [4.78, 5) is 42.2. The number of aromatic nitrogens is 1. The highest BCUT2D eigenvalue weighted by Crippen LogP contribution is 2.20. The van der Waals surface area contributed by atoms with E-state index in [4.69, 9.17) is 9.47 Å². The molecule has 252 valence electrons. The van der Waals surface area contributed by atoms with Crippen molar-refractivity contribution in [1.29, 1.82) is 0 Å². The van der Waals surface area contributed by atoms with Gasteiger partial charge in [-0.1, -0.05) is 72.8 Å². The zero-order chi connectivity index (χ0) is 34.1. The number of hydrogen-bond donors (Lipinski definition) is 4. The summed E-state index contributed by atoms with van der Waals surface area (Å²) in [5.41, 5.74) is 3.93. The van der Waals surface area contributed by atoms with Crippen molar-refractivity contribution in [1.82, 2.24) is 15.6 Å². The van der Waals surface area contributed by atoms with Crippen molar-refractivity contribution < 1.29 is 29.0 Å². The fourth-order valence-electron chi connectivity index (χ4n) is 5.43. The molecule has 0 saturated carbocycles. The van der Waals surface area contributed by atoms with Crippen LogP contribution < -0.4 is 15.4 Å². The van der Waals surface area contributed by atoms with E-state index in [-0.39, 0.29) is 50.3 Å². The number of carbonyl (C=O) groups excluding carboxylic acids is 3. The summed E-state index contributed by atoms with van der Waals surface area (Å²) in [5.74, 6) is -1.06. The van der Waals surface area contributed by atoms with E-state index in [1.165, 1.54) is 0 Å². The molecule has 0 spiro atoms. The van der Waals surface area contributed by atoms with Gasteiger partial charge in [0.05, 0.1) is 24.6 Å². The quantitative estimate of drug-likeness (QED) is 0.0729. The molecule has 0 aliphatic carbocycles. The van der Waals surface area contributed by atoms with Crippen molar-refractivity contribution in [2.75, 3.05) is 13.2 Å². The first kappa shape index (κ1) is 35.7. The van der Waals surface area contributed by atoms with Crippen LogP contribution in [0.15, 0.2) is 110 Å². The lowest BCUT2D eigenvalue weighted by atomic mass is 9.97. The Morgan fingerprint density at radius 1 is 0.854 bits per heavy atom. The third-order valence-corrected chi connectivity index (χ3v) is 7.98. The Morgan fingerprint density at radius 3 is 2.33 bits per heavy atom. The van der Waals surface area contributed by atoms with E-state index in [1.54, 1.807) is 12.2 Å². The Bertz CT molecular complexity index is 1630. The van der Waals surface area contributed by atoms with Crippen molar-refractivity contribution in [3.05, 3.63) is 127 Å². The number of nitrogens with one attached hydrogen (secondary N) is 3. The summed E-state index contributed by atoms with van der Waals surface area (Å²) in [5, 5.41) is 16.9. The Balaban J connectivity index is 1.34. The lowest BCUT2D eigenvalue weighted by molar-refractivity contribution is -0.145. The number of H-pyrrole nitrogens is 1. The van der Waals surface area contributed by atoms with Gasteiger partial charge in [0.25, 0.3) is 0 Å². The monoisotopic (exact) mass is 651 g/mol. The standard InChI is InChI=1S/C39H45N3O6/c1-3-5-16-38(45)48-27-33(22-31-24-40-36-15-10-9-14-35(31)36)42-39(46)30(11-4-2)23-37(44)41-32(25-43)21-28-17-19-34(20-18-28)47-26-29-12-7-6-8-13-29/h3-4,6-10,12-15,17-20,24,30,32-33,40,43H,1-2,5,11,16,21-23,25-27H2,(H,41,44)(H,42,46)/t30-,32-,33-/m0/s1. The number of benzene rings is 3. The lowest BCUT2D eigenvalue weighted by Gasteiger charge is -2.23. The smallest absolute Gasteiger partial charge is 0.306 e. The van der Waals surface area contributed by atoms with E-state index in [1.807, 2.05) is 85.1 Å². The highest BCUT2D eigenvalue weighted by atomic mass is 16.5. The number of aromatic amines is 1. The van der Waals surface area contributed by atoms with Crippen LogP contribution in [0.25, 0.3) is 10.9 Å². The van der Waals surface area contributed by atoms with Crippen molar-refractivity contribution in [2.45, 2.75) is 57.2 Å². The molecular weight excluding hydrogens is 606 g/mol. The van der Waals surface area contributed by atoms with Gasteiger partial charge in [0.15, 0.2) is 0 Å². The van der Waals surface area contributed by atoms with Gasteiger partial charge in [-0.05, 0) is 60.6 Å². The summed E-state index contributed by atoms with van der Waals surface area (Å²) in [6.07, 6.45) is 6.84. The zero-order valence-corrected chi connectivity index (χ0v) is 27.2. The number of aliphatic hydroxyl groups excluding tert-OH is 1. The van der Waals surface area contributed by atoms with E-state index in [9.17, 15) is 19.5 Å². The molecule has 0 bridgehead atoms. The molecule has 0 saturated heterocycles. The largest absolute Gasteiger partial charge is 0.489 e. The minimum Gasteiger partial charge on any atom is -0.489 e. The maximum atomic E-state index is 13.5. The second-order valence-electron chi connectivity index (χ2n) is 11.8. The topological polar surface area (TPSA) is 130 Å². The van der Waals surface area contributed by atoms with Crippen molar-refractivity contribution >= 4 is 28.7 Å². The van der Waals surface area contributed by atoms with Crippen LogP contribution in [-0.4, -0.2) is 53.2 Å². The van der Waals surface area contributed by atoms with Crippen molar-refractivity contribution in [2.24, 2.45) is 5.92 Å². The second-order valence-corrected chi connectivity index (χ2v) is 11.8. The molecule has 1 aromatic heterocycles. The molecule has 0 aliphatic heterocycles. The summed E-state index contributed by atoms with van der Waals surface area (Å²) >= 11 is 0. The minimum atomic E-state index is -0.704.